The van der Waals surface area contributed by atoms with Gasteiger partial charge < -0.3 is 9.64 Å². The lowest BCUT2D eigenvalue weighted by molar-refractivity contribution is -0.151. The summed E-state index contributed by atoms with van der Waals surface area (Å²) in [5, 5.41) is 0. The van der Waals surface area contributed by atoms with Crippen molar-refractivity contribution in [2.24, 2.45) is 5.92 Å². The summed E-state index contributed by atoms with van der Waals surface area (Å²) in [6, 6.07) is -0.359. The van der Waals surface area contributed by atoms with Crippen LogP contribution in [-0.4, -0.2) is 48.5 Å². The van der Waals surface area contributed by atoms with Crippen molar-refractivity contribution in [3.05, 3.63) is 0 Å². The third-order valence-corrected chi connectivity index (χ3v) is 3.68. The quantitative estimate of drug-likeness (QED) is 0.697. The van der Waals surface area contributed by atoms with E-state index in [1.165, 1.54) is 7.11 Å². The summed E-state index contributed by atoms with van der Waals surface area (Å²) in [5.41, 5.74) is 0. The standard InChI is InChI=1S/C11H19NO3S/c1-8(7-16-3)10(13)12-6-4-5-9(12)11(14)15-2/h8-9H,4-7H2,1-3H3/t8-,9-/m0/s1. The topological polar surface area (TPSA) is 46.6 Å². The van der Waals surface area contributed by atoms with E-state index in [0.717, 1.165) is 18.6 Å². The molecular formula is C11H19NO3S. The molecule has 1 fully saturated rings. The van der Waals surface area contributed by atoms with Crippen LogP contribution in [0, 0.1) is 5.92 Å². The van der Waals surface area contributed by atoms with Gasteiger partial charge in [0, 0.05) is 18.2 Å². The predicted octanol–water partition coefficient (Wildman–Crippen LogP) is 1.15. The number of carbonyl (C=O) groups excluding carboxylic acids is 2. The molecule has 2 atom stereocenters. The highest BCUT2D eigenvalue weighted by molar-refractivity contribution is 7.98. The molecule has 0 saturated carbocycles. The summed E-state index contributed by atoms with van der Waals surface area (Å²) in [6.07, 6.45) is 3.59. The number of methoxy groups -OCH3 is 1. The monoisotopic (exact) mass is 245 g/mol. The van der Waals surface area contributed by atoms with Gasteiger partial charge in [0.05, 0.1) is 7.11 Å². The second-order valence-corrected chi connectivity index (χ2v) is 4.98. The Hall–Kier alpha value is -0.710. The molecule has 0 spiro atoms. The molecule has 1 saturated heterocycles. The molecule has 1 rings (SSSR count). The maximum Gasteiger partial charge on any atom is 0.328 e. The Morgan fingerprint density at radius 1 is 1.56 bits per heavy atom. The Morgan fingerprint density at radius 3 is 2.81 bits per heavy atom. The summed E-state index contributed by atoms with van der Waals surface area (Å²) >= 11 is 1.65. The van der Waals surface area contributed by atoms with Crippen LogP contribution in [0.3, 0.4) is 0 Å². The minimum absolute atomic E-state index is 0.0275. The number of carbonyl (C=O) groups is 2. The fourth-order valence-corrected chi connectivity index (χ4v) is 2.66. The number of hydrogen-bond donors (Lipinski definition) is 0. The van der Waals surface area contributed by atoms with Crippen molar-refractivity contribution in [2.75, 3.05) is 25.7 Å². The lowest BCUT2D eigenvalue weighted by atomic mass is 10.1. The Kier molecular flexibility index (Phi) is 5.12. The molecule has 0 unspecified atom stereocenters. The Balaban J connectivity index is 2.64. The lowest BCUT2D eigenvalue weighted by Crippen LogP contribution is -2.43. The first-order valence-corrected chi connectivity index (χ1v) is 6.88. The number of amides is 1. The second kappa shape index (κ2) is 6.13. The molecule has 0 N–H and O–H groups in total. The van der Waals surface area contributed by atoms with Gasteiger partial charge in [-0.2, -0.15) is 11.8 Å². The summed E-state index contributed by atoms with van der Waals surface area (Å²) in [6.45, 7) is 2.59. The van der Waals surface area contributed by atoms with Crippen LogP contribution in [0.15, 0.2) is 0 Å². The van der Waals surface area contributed by atoms with Gasteiger partial charge in [0.25, 0.3) is 0 Å². The average Bonchev–Trinajstić information content (AvgIpc) is 2.76. The molecule has 1 heterocycles. The van der Waals surface area contributed by atoms with E-state index in [9.17, 15) is 9.59 Å². The number of esters is 1. The molecule has 0 aromatic heterocycles. The van der Waals surface area contributed by atoms with Gasteiger partial charge in [0.2, 0.25) is 5.91 Å². The van der Waals surface area contributed by atoms with Crippen molar-refractivity contribution >= 4 is 23.6 Å². The normalized spacial score (nSPS) is 21.9. The zero-order valence-corrected chi connectivity index (χ0v) is 10.9. The van der Waals surface area contributed by atoms with Crippen LogP contribution in [-0.2, 0) is 14.3 Å². The first-order valence-electron chi connectivity index (χ1n) is 5.49. The predicted molar refractivity (Wildman–Crippen MR) is 64.3 cm³/mol. The molecule has 4 nitrogen and oxygen atoms in total. The van der Waals surface area contributed by atoms with E-state index in [1.807, 2.05) is 13.2 Å². The molecule has 5 heteroatoms. The van der Waals surface area contributed by atoms with Gasteiger partial charge in [-0.25, -0.2) is 4.79 Å². The minimum atomic E-state index is -0.359. The highest BCUT2D eigenvalue weighted by Gasteiger charge is 2.36. The third-order valence-electron chi connectivity index (χ3n) is 2.85. The molecule has 0 bridgehead atoms. The zero-order valence-electron chi connectivity index (χ0n) is 10.1. The smallest absolute Gasteiger partial charge is 0.328 e. The lowest BCUT2D eigenvalue weighted by Gasteiger charge is -2.25. The first kappa shape index (κ1) is 13.4. The second-order valence-electron chi connectivity index (χ2n) is 4.07. The van der Waals surface area contributed by atoms with Crippen molar-refractivity contribution in [3.8, 4) is 0 Å². The molecule has 92 valence electrons. The van der Waals surface area contributed by atoms with Gasteiger partial charge in [0.15, 0.2) is 0 Å². The summed E-state index contributed by atoms with van der Waals surface area (Å²) in [4.78, 5) is 25.2. The average molecular weight is 245 g/mol. The van der Waals surface area contributed by atoms with E-state index in [-0.39, 0.29) is 23.8 Å². The van der Waals surface area contributed by atoms with Crippen molar-refractivity contribution < 1.29 is 14.3 Å². The number of thioether (sulfide) groups is 1. The largest absolute Gasteiger partial charge is 0.467 e. The highest BCUT2D eigenvalue weighted by Crippen LogP contribution is 2.21. The Morgan fingerprint density at radius 2 is 2.25 bits per heavy atom. The van der Waals surface area contributed by atoms with Gasteiger partial charge >= 0.3 is 5.97 Å². The van der Waals surface area contributed by atoms with Gasteiger partial charge in [0.1, 0.15) is 6.04 Å². The van der Waals surface area contributed by atoms with Crippen LogP contribution >= 0.6 is 11.8 Å². The molecule has 0 aromatic rings. The number of rotatable bonds is 4. The van der Waals surface area contributed by atoms with Gasteiger partial charge in [-0.15, -0.1) is 0 Å². The molecule has 1 aliphatic heterocycles. The van der Waals surface area contributed by atoms with E-state index in [0.29, 0.717) is 6.54 Å². The van der Waals surface area contributed by atoms with Crippen LogP contribution < -0.4 is 0 Å². The highest BCUT2D eigenvalue weighted by atomic mass is 32.2. The molecule has 0 aliphatic carbocycles. The molecule has 1 amide bonds. The van der Waals surface area contributed by atoms with Crippen molar-refractivity contribution in [1.82, 2.24) is 4.90 Å². The molecule has 16 heavy (non-hydrogen) atoms. The first-order chi connectivity index (χ1) is 7.61. The third kappa shape index (κ3) is 2.90. The molecular weight excluding hydrogens is 226 g/mol. The van der Waals surface area contributed by atoms with E-state index in [1.54, 1.807) is 16.7 Å². The van der Waals surface area contributed by atoms with Crippen LogP contribution in [0.5, 0.6) is 0 Å². The van der Waals surface area contributed by atoms with Crippen molar-refractivity contribution in [1.29, 1.82) is 0 Å². The number of nitrogens with zero attached hydrogens (tertiary/aromatic N) is 1. The van der Waals surface area contributed by atoms with Crippen LogP contribution in [0.1, 0.15) is 19.8 Å². The number of ether oxygens (including phenoxy) is 1. The Bertz CT molecular complexity index is 270. The molecule has 0 radical (unpaired) electrons. The fourth-order valence-electron chi connectivity index (χ4n) is 2.02. The number of likely N-dealkylation sites (tertiary alicyclic amines) is 1. The van der Waals surface area contributed by atoms with E-state index in [4.69, 9.17) is 4.74 Å². The van der Waals surface area contributed by atoms with Crippen molar-refractivity contribution in [3.63, 3.8) is 0 Å². The molecule has 0 aromatic carbocycles. The van der Waals surface area contributed by atoms with E-state index >= 15 is 0 Å². The maximum absolute atomic E-state index is 12.1. The number of hydrogen-bond acceptors (Lipinski definition) is 4. The SMILES string of the molecule is COC(=O)[C@@H]1CCCN1C(=O)[C@@H](C)CSC. The Labute approximate surface area is 101 Å². The van der Waals surface area contributed by atoms with Gasteiger partial charge in [-0.05, 0) is 19.1 Å². The zero-order chi connectivity index (χ0) is 12.1. The van der Waals surface area contributed by atoms with E-state index < -0.39 is 0 Å². The van der Waals surface area contributed by atoms with Crippen LogP contribution in [0.2, 0.25) is 0 Å². The van der Waals surface area contributed by atoms with Crippen LogP contribution in [0.25, 0.3) is 0 Å². The maximum atomic E-state index is 12.1. The van der Waals surface area contributed by atoms with Crippen LogP contribution in [0.4, 0.5) is 0 Å². The van der Waals surface area contributed by atoms with Crippen molar-refractivity contribution in [2.45, 2.75) is 25.8 Å². The fraction of sp³-hybridized carbons (Fsp3) is 0.818. The molecule has 1 aliphatic rings. The van der Waals surface area contributed by atoms with E-state index in [2.05, 4.69) is 0 Å². The summed E-state index contributed by atoms with van der Waals surface area (Å²) < 4.78 is 4.72. The van der Waals surface area contributed by atoms with Gasteiger partial charge in [-0.1, -0.05) is 6.92 Å². The minimum Gasteiger partial charge on any atom is -0.467 e. The summed E-state index contributed by atoms with van der Waals surface area (Å²) in [5.74, 6) is 0.549. The summed E-state index contributed by atoms with van der Waals surface area (Å²) in [7, 11) is 1.37. The van der Waals surface area contributed by atoms with Gasteiger partial charge in [-0.3, -0.25) is 4.79 Å².